The Labute approximate surface area is 91.9 Å². The molecule has 1 N–H and O–H groups in total. The Morgan fingerprint density at radius 2 is 2.19 bits per heavy atom. The third kappa shape index (κ3) is 6.69. The fraction of sp³-hybridized carbons (Fsp3) is 0.400. The molecule has 0 radical (unpaired) electrons. The standard InChI is InChI=1S/C9H11F2NO.CH2O2/c1-7-3-4-12-5-8(7)13-6-9(2,10)11;2-1-3/h3-5H,6H2,1-2H3;1H,(H,2,3). The van der Waals surface area contributed by atoms with E-state index in [4.69, 9.17) is 14.6 Å². The Bertz CT molecular complexity index is 326. The minimum absolute atomic E-state index is 0.250. The number of hydrogen-bond donors (Lipinski definition) is 1. The molecule has 16 heavy (non-hydrogen) atoms. The Morgan fingerprint density at radius 1 is 1.62 bits per heavy atom. The zero-order chi connectivity index (χ0) is 12.6. The van der Waals surface area contributed by atoms with Gasteiger partial charge in [0.15, 0.2) is 6.61 Å². The van der Waals surface area contributed by atoms with Crippen LogP contribution in [-0.4, -0.2) is 29.1 Å². The Kier molecular flexibility index (Phi) is 5.99. The van der Waals surface area contributed by atoms with Crippen molar-refractivity contribution in [2.24, 2.45) is 0 Å². The van der Waals surface area contributed by atoms with E-state index in [1.54, 1.807) is 19.2 Å². The molecule has 0 saturated heterocycles. The second-order valence-corrected chi connectivity index (χ2v) is 3.11. The molecular formula is C10H13F2NO3. The van der Waals surface area contributed by atoms with Gasteiger partial charge < -0.3 is 9.84 Å². The predicted octanol–water partition coefficient (Wildman–Crippen LogP) is 2.12. The maximum atomic E-state index is 12.4. The molecule has 90 valence electrons. The van der Waals surface area contributed by atoms with Crippen molar-refractivity contribution in [1.82, 2.24) is 4.98 Å². The number of carboxylic acid groups (broad SMARTS) is 1. The minimum Gasteiger partial charge on any atom is -0.485 e. The van der Waals surface area contributed by atoms with Crippen LogP contribution < -0.4 is 4.74 Å². The van der Waals surface area contributed by atoms with Crippen molar-refractivity contribution in [3.05, 3.63) is 24.0 Å². The van der Waals surface area contributed by atoms with Crippen molar-refractivity contribution < 1.29 is 23.4 Å². The van der Waals surface area contributed by atoms with Crippen molar-refractivity contribution in [2.45, 2.75) is 19.8 Å². The molecule has 0 atom stereocenters. The zero-order valence-electron chi connectivity index (χ0n) is 8.98. The van der Waals surface area contributed by atoms with Gasteiger partial charge in [0.1, 0.15) is 5.75 Å². The maximum Gasteiger partial charge on any atom is 0.290 e. The van der Waals surface area contributed by atoms with Crippen molar-refractivity contribution >= 4 is 6.47 Å². The van der Waals surface area contributed by atoms with Crippen molar-refractivity contribution in [3.63, 3.8) is 0 Å². The smallest absolute Gasteiger partial charge is 0.290 e. The van der Waals surface area contributed by atoms with Gasteiger partial charge in [-0.25, -0.2) is 8.78 Å². The number of nitrogens with zero attached hydrogens (tertiary/aromatic N) is 1. The molecule has 1 aromatic rings. The number of carbonyl (C=O) groups is 1. The van der Waals surface area contributed by atoms with Gasteiger partial charge in [-0.15, -0.1) is 0 Å². The van der Waals surface area contributed by atoms with Gasteiger partial charge in [-0.2, -0.15) is 0 Å². The van der Waals surface area contributed by atoms with Crippen LogP contribution in [0, 0.1) is 6.92 Å². The summed E-state index contributed by atoms with van der Waals surface area (Å²) in [4.78, 5) is 12.1. The summed E-state index contributed by atoms with van der Waals surface area (Å²) in [6, 6.07) is 1.71. The third-order valence-corrected chi connectivity index (χ3v) is 1.47. The second kappa shape index (κ2) is 6.71. The topological polar surface area (TPSA) is 59.4 Å². The predicted molar refractivity (Wildman–Crippen MR) is 53.8 cm³/mol. The zero-order valence-corrected chi connectivity index (χ0v) is 8.98. The average molecular weight is 233 g/mol. The summed E-state index contributed by atoms with van der Waals surface area (Å²) in [6.07, 6.45) is 3.02. The van der Waals surface area contributed by atoms with Crippen LogP contribution in [0.4, 0.5) is 8.78 Å². The highest BCUT2D eigenvalue weighted by atomic mass is 19.3. The molecule has 0 amide bonds. The fourth-order valence-corrected chi connectivity index (χ4v) is 0.805. The molecule has 1 aromatic heterocycles. The number of rotatable bonds is 3. The first-order chi connectivity index (χ1) is 7.40. The van der Waals surface area contributed by atoms with E-state index in [1.807, 2.05) is 0 Å². The van der Waals surface area contributed by atoms with Crippen LogP contribution in [0.5, 0.6) is 5.75 Å². The first-order valence-corrected chi connectivity index (χ1v) is 4.40. The summed E-state index contributed by atoms with van der Waals surface area (Å²) in [5.41, 5.74) is 0.805. The lowest BCUT2D eigenvalue weighted by atomic mass is 10.3. The fourth-order valence-electron chi connectivity index (χ4n) is 0.805. The van der Waals surface area contributed by atoms with Crippen LogP contribution in [0.3, 0.4) is 0 Å². The van der Waals surface area contributed by atoms with E-state index in [2.05, 4.69) is 4.98 Å². The monoisotopic (exact) mass is 233 g/mol. The molecule has 0 aliphatic carbocycles. The molecule has 0 aliphatic rings. The lowest BCUT2D eigenvalue weighted by Gasteiger charge is -2.12. The van der Waals surface area contributed by atoms with Crippen LogP contribution in [0.2, 0.25) is 0 Å². The highest BCUT2D eigenvalue weighted by Gasteiger charge is 2.22. The Hall–Kier alpha value is -1.72. The maximum absolute atomic E-state index is 12.4. The number of halogens is 2. The van der Waals surface area contributed by atoms with Gasteiger partial charge in [-0.3, -0.25) is 9.78 Å². The molecule has 0 unspecified atom stereocenters. The molecule has 1 rings (SSSR count). The van der Waals surface area contributed by atoms with E-state index in [9.17, 15) is 8.78 Å². The van der Waals surface area contributed by atoms with Gasteiger partial charge in [-0.05, 0) is 18.6 Å². The third-order valence-electron chi connectivity index (χ3n) is 1.47. The number of aromatic nitrogens is 1. The summed E-state index contributed by atoms with van der Waals surface area (Å²) in [7, 11) is 0. The summed E-state index contributed by atoms with van der Waals surface area (Å²) >= 11 is 0. The number of hydrogen-bond acceptors (Lipinski definition) is 3. The molecule has 0 aliphatic heterocycles. The van der Waals surface area contributed by atoms with Crippen LogP contribution in [0.15, 0.2) is 18.5 Å². The molecule has 1 heterocycles. The molecule has 0 spiro atoms. The van der Waals surface area contributed by atoms with E-state index in [0.717, 1.165) is 12.5 Å². The van der Waals surface area contributed by atoms with Crippen LogP contribution in [0.1, 0.15) is 12.5 Å². The van der Waals surface area contributed by atoms with Crippen LogP contribution >= 0.6 is 0 Å². The second-order valence-electron chi connectivity index (χ2n) is 3.11. The molecule has 0 saturated carbocycles. The van der Waals surface area contributed by atoms with Gasteiger partial charge in [0, 0.05) is 13.1 Å². The largest absolute Gasteiger partial charge is 0.485 e. The van der Waals surface area contributed by atoms with E-state index in [1.165, 1.54) is 6.20 Å². The highest BCUT2D eigenvalue weighted by Crippen LogP contribution is 2.18. The molecule has 0 aromatic carbocycles. The first-order valence-electron chi connectivity index (χ1n) is 4.40. The average Bonchev–Trinajstić information content (AvgIpc) is 2.16. The van der Waals surface area contributed by atoms with Gasteiger partial charge in [0.2, 0.25) is 0 Å². The van der Waals surface area contributed by atoms with Crippen molar-refractivity contribution in [3.8, 4) is 5.75 Å². The Morgan fingerprint density at radius 3 is 2.62 bits per heavy atom. The van der Waals surface area contributed by atoms with E-state index >= 15 is 0 Å². The molecule has 4 nitrogen and oxygen atoms in total. The highest BCUT2D eigenvalue weighted by molar-refractivity contribution is 5.32. The Balaban J connectivity index is 0.000000673. The van der Waals surface area contributed by atoms with Gasteiger partial charge in [-0.1, -0.05) is 0 Å². The lowest BCUT2D eigenvalue weighted by Crippen LogP contribution is -2.21. The van der Waals surface area contributed by atoms with E-state index in [0.29, 0.717) is 5.75 Å². The van der Waals surface area contributed by atoms with Gasteiger partial charge >= 0.3 is 0 Å². The summed E-state index contributed by atoms with van der Waals surface area (Å²) < 4.78 is 29.7. The summed E-state index contributed by atoms with van der Waals surface area (Å²) in [6.45, 7) is 1.74. The summed E-state index contributed by atoms with van der Waals surface area (Å²) in [5, 5.41) is 6.89. The quantitative estimate of drug-likeness (QED) is 0.812. The van der Waals surface area contributed by atoms with Crippen LogP contribution in [-0.2, 0) is 4.79 Å². The number of ether oxygens (including phenoxy) is 1. The van der Waals surface area contributed by atoms with Gasteiger partial charge in [0.25, 0.3) is 12.4 Å². The molecule has 0 bridgehead atoms. The normalized spacial score (nSPS) is 10.0. The van der Waals surface area contributed by atoms with E-state index in [-0.39, 0.29) is 6.47 Å². The molecular weight excluding hydrogens is 220 g/mol. The number of pyridine rings is 1. The SMILES string of the molecule is Cc1ccncc1OCC(C)(F)F.O=CO. The number of aryl methyl sites for hydroxylation is 1. The summed E-state index contributed by atoms with van der Waals surface area (Å²) in [5.74, 6) is -2.40. The van der Waals surface area contributed by atoms with Crippen molar-refractivity contribution in [1.29, 1.82) is 0 Å². The van der Waals surface area contributed by atoms with Crippen LogP contribution in [0.25, 0.3) is 0 Å². The van der Waals surface area contributed by atoms with Gasteiger partial charge in [0.05, 0.1) is 6.20 Å². The number of alkyl halides is 2. The molecule has 6 heteroatoms. The van der Waals surface area contributed by atoms with Crippen molar-refractivity contribution in [2.75, 3.05) is 6.61 Å². The van der Waals surface area contributed by atoms with E-state index < -0.39 is 12.5 Å². The first kappa shape index (κ1) is 14.3. The minimum atomic E-state index is -2.80. The molecule has 0 fully saturated rings. The lowest BCUT2D eigenvalue weighted by molar-refractivity contribution is -0.122.